The standard InChI is InChI=1S/C12H14F6N2O3/c1-7-2-3-8(23-7)10(22,12(16,17)18)4-5-19-9(21)20-6-11(13,14)15/h2-3,22H,4-6H2,1H3,(H2,19,20,21)/t10-/m1/s1. The van der Waals surface area contributed by atoms with E-state index in [4.69, 9.17) is 4.42 Å². The average molecular weight is 348 g/mol. The molecule has 0 unspecified atom stereocenters. The van der Waals surface area contributed by atoms with Crippen LogP contribution in [-0.4, -0.2) is 36.6 Å². The van der Waals surface area contributed by atoms with Crippen molar-refractivity contribution in [2.75, 3.05) is 13.1 Å². The molecule has 11 heteroatoms. The number of furan rings is 1. The molecular weight excluding hydrogens is 334 g/mol. The molecule has 3 N–H and O–H groups in total. The van der Waals surface area contributed by atoms with Crippen molar-refractivity contribution in [3.63, 3.8) is 0 Å². The second-order valence-corrected chi connectivity index (χ2v) is 4.74. The number of hydrogen-bond acceptors (Lipinski definition) is 3. The van der Waals surface area contributed by atoms with E-state index in [-0.39, 0.29) is 5.76 Å². The van der Waals surface area contributed by atoms with Crippen LogP contribution in [0.4, 0.5) is 31.1 Å². The Hall–Kier alpha value is -1.91. The second kappa shape index (κ2) is 6.69. The van der Waals surface area contributed by atoms with Crippen molar-refractivity contribution in [2.24, 2.45) is 0 Å². The molecule has 0 aliphatic heterocycles. The zero-order chi connectivity index (χ0) is 17.9. The molecule has 0 saturated heterocycles. The zero-order valence-corrected chi connectivity index (χ0v) is 11.8. The number of halogens is 6. The van der Waals surface area contributed by atoms with E-state index in [0.29, 0.717) is 0 Å². The first-order valence-corrected chi connectivity index (χ1v) is 6.29. The first-order chi connectivity index (χ1) is 10.3. The number of carbonyl (C=O) groups excluding carboxylic acids is 1. The molecule has 0 aliphatic rings. The predicted octanol–water partition coefficient (Wildman–Crippen LogP) is 2.59. The zero-order valence-electron chi connectivity index (χ0n) is 11.8. The van der Waals surface area contributed by atoms with Gasteiger partial charge in [-0.05, 0) is 19.1 Å². The molecule has 0 radical (unpaired) electrons. The summed E-state index contributed by atoms with van der Waals surface area (Å²) in [5.74, 6) is -0.626. The minimum Gasteiger partial charge on any atom is -0.463 e. The molecule has 0 spiro atoms. The SMILES string of the molecule is Cc1ccc([C@](O)(CCNC(=O)NCC(F)(F)F)C(F)(F)F)o1. The summed E-state index contributed by atoms with van der Waals surface area (Å²) < 4.78 is 79.5. The van der Waals surface area contributed by atoms with E-state index in [2.05, 4.69) is 0 Å². The number of aryl methyl sites for hydroxylation is 1. The molecule has 1 rings (SSSR count). The maximum atomic E-state index is 13.0. The van der Waals surface area contributed by atoms with E-state index < -0.39 is 49.3 Å². The molecule has 0 aliphatic carbocycles. The van der Waals surface area contributed by atoms with E-state index in [1.54, 1.807) is 0 Å². The van der Waals surface area contributed by atoms with Gasteiger partial charge in [-0.25, -0.2) is 4.79 Å². The Morgan fingerprint density at radius 2 is 1.78 bits per heavy atom. The van der Waals surface area contributed by atoms with Gasteiger partial charge < -0.3 is 20.2 Å². The van der Waals surface area contributed by atoms with Crippen molar-refractivity contribution in [3.05, 3.63) is 23.7 Å². The number of urea groups is 1. The van der Waals surface area contributed by atoms with Crippen molar-refractivity contribution in [1.29, 1.82) is 0 Å². The van der Waals surface area contributed by atoms with Crippen LogP contribution in [0.5, 0.6) is 0 Å². The maximum absolute atomic E-state index is 13.0. The van der Waals surface area contributed by atoms with Gasteiger partial charge in [-0.2, -0.15) is 26.3 Å². The van der Waals surface area contributed by atoms with Crippen LogP contribution >= 0.6 is 0 Å². The van der Waals surface area contributed by atoms with Gasteiger partial charge in [-0.15, -0.1) is 0 Å². The normalized spacial score (nSPS) is 15.1. The van der Waals surface area contributed by atoms with E-state index in [0.717, 1.165) is 6.07 Å². The van der Waals surface area contributed by atoms with Crippen LogP contribution in [0.25, 0.3) is 0 Å². The van der Waals surface area contributed by atoms with E-state index in [9.17, 15) is 36.2 Å². The lowest BCUT2D eigenvalue weighted by molar-refractivity contribution is -0.274. The molecule has 0 fully saturated rings. The number of rotatable bonds is 5. The fraction of sp³-hybridized carbons (Fsp3) is 0.583. The van der Waals surface area contributed by atoms with Gasteiger partial charge in [0.1, 0.15) is 18.1 Å². The van der Waals surface area contributed by atoms with Gasteiger partial charge in [0.25, 0.3) is 0 Å². The topological polar surface area (TPSA) is 74.5 Å². The first-order valence-electron chi connectivity index (χ1n) is 6.29. The van der Waals surface area contributed by atoms with Gasteiger partial charge in [0, 0.05) is 13.0 Å². The fourth-order valence-electron chi connectivity index (χ4n) is 1.66. The highest BCUT2D eigenvalue weighted by molar-refractivity contribution is 5.73. The van der Waals surface area contributed by atoms with Gasteiger partial charge in [0.2, 0.25) is 5.60 Å². The smallest absolute Gasteiger partial charge is 0.424 e. The van der Waals surface area contributed by atoms with Crippen molar-refractivity contribution in [1.82, 2.24) is 10.6 Å². The number of amides is 2. The van der Waals surface area contributed by atoms with Gasteiger partial charge in [0.15, 0.2) is 0 Å². The molecule has 0 saturated carbocycles. The quantitative estimate of drug-likeness (QED) is 0.716. The summed E-state index contributed by atoms with van der Waals surface area (Å²) in [6.07, 6.45) is -10.8. The number of hydrogen-bond donors (Lipinski definition) is 3. The van der Waals surface area contributed by atoms with E-state index >= 15 is 0 Å². The number of alkyl halides is 6. The lowest BCUT2D eigenvalue weighted by Crippen LogP contribution is -2.46. The first kappa shape index (κ1) is 19.1. The number of carbonyl (C=O) groups is 1. The summed E-state index contributed by atoms with van der Waals surface area (Å²) >= 11 is 0. The summed E-state index contributed by atoms with van der Waals surface area (Å²) in [5.41, 5.74) is -3.36. The highest BCUT2D eigenvalue weighted by Crippen LogP contribution is 2.41. The lowest BCUT2D eigenvalue weighted by atomic mass is 9.96. The van der Waals surface area contributed by atoms with Crippen LogP contribution in [-0.2, 0) is 5.60 Å². The van der Waals surface area contributed by atoms with Crippen LogP contribution in [0.15, 0.2) is 16.5 Å². The van der Waals surface area contributed by atoms with Crippen LogP contribution in [0.3, 0.4) is 0 Å². The van der Waals surface area contributed by atoms with Gasteiger partial charge in [-0.3, -0.25) is 0 Å². The van der Waals surface area contributed by atoms with Crippen molar-refractivity contribution >= 4 is 6.03 Å². The third-order valence-corrected chi connectivity index (χ3v) is 2.84. The Labute approximate surface area is 126 Å². The highest BCUT2D eigenvalue weighted by Gasteiger charge is 2.56. The molecule has 23 heavy (non-hydrogen) atoms. The number of nitrogens with one attached hydrogen (secondary N) is 2. The molecule has 1 aromatic rings. The Morgan fingerprint density at radius 1 is 1.17 bits per heavy atom. The Bertz CT molecular complexity index is 540. The minimum absolute atomic E-state index is 0.138. The summed E-state index contributed by atoms with van der Waals surface area (Å²) in [7, 11) is 0. The van der Waals surface area contributed by atoms with Crippen molar-refractivity contribution < 1.29 is 40.7 Å². The molecule has 0 bridgehead atoms. The monoisotopic (exact) mass is 348 g/mol. The largest absolute Gasteiger partial charge is 0.463 e. The molecule has 132 valence electrons. The Kier molecular flexibility index (Phi) is 5.56. The lowest BCUT2D eigenvalue weighted by Gasteiger charge is -2.28. The molecule has 1 aromatic heterocycles. The molecule has 1 atom stereocenters. The van der Waals surface area contributed by atoms with Gasteiger partial charge in [-0.1, -0.05) is 0 Å². The van der Waals surface area contributed by atoms with E-state index in [1.165, 1.54) is 18.3 Å². The summed E-state index contributed by atoms with van der Waals surface area (Å²) in [4.78, 5) is 11.1. The molecule has 0 aromatic carbocycles. The third kappa shape index (κ3) is 5.34. The molecule has 2 amide bonds. The molecule has 1 heterocycles. The average Bonchev–Trinajstić information content (AvgIpc) is 2.81. The van der Waals surface area contributed by atoms with Crippen molar-refractivity contribution in [2.45, 2.75) is 31.3 Å². The molecular formula is C12H14F6N2O3. The fourth-order valence-corrected chi connectivity index (χ4v) is 1.66. The second-order valence-electron chi connectivity index (χ2n) is 4.74. The third-order valence-electron chi connectivity index (χ3n) is 2.84. The predicted molar refractivity (Wildman–Crippen MR) is 65.5 cm³/mol. The number of aliphatic hydroxyl groups is 1. The summed E-state index contributed by atoms with van der Waals surface area (Å²) in [6.45, 7) is -0.970. The van der Waals surface area contributed by atoms with Crippen LogP contribution < -0.4 is 10.6 Å². The van der Waals surface area contributed by atoms with Gasteiger partial charge >= 0.3 is 18.4 Å². The summed E-state index contributed by atoms with van der Waals surface area (Å²) in [6, 6.07) is 0.852. The summed E-state index contributed by atoms with van der Waals surface area (Å²) in [5, 5.41) is 13.1. The van der Waals surface area contributed by atoms with Crippen LogP contribution in [0.2, 0.25) is 0 Å². The van der Waals surface area contributed by atoms with Crippen molar-refractivity contribution in [3.8, 4) is 0 Å². The van der Waals surface area contributed by atoms with Crippen LogP contribution in [0, 0.1) is 6.92 Å². The highest BCUT2D eigenvalue weighted by atomic mass is 19.4. The minimum atomic E-state index is -5.10. The van der Waals surface area contributed by atoms with Crippen LogP contribution in [0.1, 0.15) is 17.9 Å². The van der Waals surface area contributed by atoms with Gasteiger partial charge in [0.05, 0.1) is 0 Å². The molecule has 5 nitrogen and oxygen atoms in total. The Morgan fingerprint density at radius 3 is 2.22 bits per heavy atom. The Balaban J connectivity index is 2.65. The maximum Gasteiger partial charge on any atom is 0.424 e. The van der Waals surface area contributed by atoms with E-state index in [1.807, 2.05) is 5.32 Å².